The molecule has 0 N–H and O–H groups in total. The van der Waals surface area contributed by atoms with Crippen LogP contribution in [0, 0.1) is 0 Å². The van der Waals surface area contributed by atoms with E-state index < -0.39 is 15.1 Å². The van der Waals surface area contributed by atoms with Crippen molar-refractivity contribution in [1.82, 2.24) is 4.90 Å². The van der Waals surface area contributed by atoms with E-state index in [1.807, 2.05) is 30.3 Å². The number of ether oxygens (including phenoxy) is 1. The van der Waals surface area contributed by atoms with Crippen LogP contribution in [0.15, 0.2) is 78.9 Å². The van der Waals surface area contributed by atoms with E-state index in [0.717, 1.165) is 0 Å². The fourth-order valence-electron chi connectivity index (χ4n) is 3.75. The van der Waals surface area contributed by atoms with Gasteiger partial charge in [0.25, 0.3) is 5.91 Å². The molecule has 0 spiro atoms. The predicted octanol–water partition coefficient (Wildman–Crippen LogP) is 5.13. The quantitative estimate of drug-likeness (QED) is 0.546. The van der Waals surface area contributed by atoms with Gasteiger partial charge in [0.2, 0.25) is 0 Å². The van der Waals surface area contributed by atoms with Crippen LogP contribution in [0.1, 0.15) is 27.6 Å². The van der Waals surface area contributed by atoms with Crippen LogP contribution < -0.4 is 4.74 Å². The van der Waals surface area contributed by atoms with Crippen molar-refractivity contribution < 1.29 is 17.9 Å². The lowest BCUT2D eigenvalue weighted by molar-refractivity contribution is 0.0764. The van der Waals surface area contributed by atoms with Crippen molar-refractivity contribution in [1.29, 1.82) is 0 Å². The standard InChI is InChI=1S/C24H22ClNO4S/c25-21-12-6-4-10-19(21)23-14-15-26(16-17-31(23,28)29)24(27)20-11-5-7-13-22(20)30-18-8-2-1-3-9-18/h1-13,23H,14-17H2. The van der Waals surface area contributed by atoms with Crippen LogP contribution in [0.5, 0.6) is 11.5 Å². The Hall–Kier alpha value is -2.83. The summed E-state index contributed by atoms with van der Waals surface area (Å²) < 4.78 is 31.8. The van der Waals surface area contributed by atoms with Gasteiger partial charge in [-0.15, -0.1) is 0 Å². The lowest BCUT2D eigenvalue weighted by atomic mass is 10.1. The van der Waals surface area contributed by atoms with Gasteiger partial charge in [0.1, 0.15) is 11.5 Å². The zero-order chi connectivity index (χ0) is 21.8. The predicted molar refractivity (Wildman–Crippen MR) is 121 cm³/mol. The smallest absolute Gasteiger partial charge is 0.257 e. The van der Waals surface area contributed by atoms with Gasteiger partial charge in [-0.05, 0) is 42.3 Å². The van der Waals surface area contributed by atoms with Crippen molar-refractivity contribution in [3.05, 3.63) is 95.0 Å². The van der Waals surface area contributed by atoms with Gasteiger partial charge in [-0.25, -0.2) is 8.42 Å². The zero-order valence-electron chi connectivity index (χ0n) is 16.8. The second-order valence-electron chi connectivity index (χ2n) is 7.37. The van der Waals surface area contributed by atoms with Crippen LogP contribution in [0.2, 0.25) is 5.02 Å². The topological polar surface area (TPSA) is 63.7 Å². The second-order valence-corrected chi connectivity index (χ2v) is 10.1. The van der Waals surface area contributed by atoms with Gasteiger partial charge in [-0.1, -0.05) is 60.1 Å². The number of carbonyl (C=O) groups is 1. The van der Waals surface area contributed by atoms with Crippen LogP contribution in [-0.4, -0.2) is 38.1 Å². The Morgan fingerprint density at radius 1 is 0.903 bits per heavy atom. The molecule has 1 aliphatic rings. The molecule has 0 aromatic heterocycles. The van der Waals surface area contributed by atoms with E-state index >= 15 is 0 Å². The summed E-state index contributed by atoms with van der Waals surface area (Å²) in [5.74, 6) is 0.700. The minimum Gasteiger partial charge on any atom is -0.457 e. The molecule has 7 heteroatoms. The first kappa shape index (κ1) is 21.4. The molecule has 160 valence electrons. The van der Waals surface area contributed by atoms with Crippen LogP contribution in [0.4, 0.5) is 0 Å². The summed E-state index contributed by atoms with van der Waals surface area (Å²) in [6.45, 7) is 0.440. The van der Waals surface area contributed by atoms with Gasteiger partial charge in [0, 0.05) is 18.1 Å². The van der Waals surface area contributed by atoms with Crippen molar-refractivity contribution in [2.24, 2.45) is 0 Å². The summed E-state index contributed by atoms with van der Waals surface area (Å²) >= 11 is 6.27. The van der Waals surface area contributed by atoms with E-state index in [-0.39, 0.29) is 18.2 Å². The molecular formula is C24H22ClNO4S. The summed E-state index contributed by atoms with van der Waals surface area (Å²) in [6, 6.07) is 23.2. The summed E-state index contributed by atoms with van der Waals surface area (Å²) in [5.41, 5.74) is 0.992. The Bertz CT molecular complexity index is 1180. The molecule has 0 saturated carbocycles. The fourth-order valence-corrected chi connectivity index (χ4v) is 5.90. The largest absolute Gasteiger partial charge is 0.457 e. The molecule has 5 nitrogen and oxygen atoms in total. The third kappa shape index (κ3) is 4.75. The maximum Gasteiger partial charge on any atom is 0.257 e. The van der Waals surface area contributed by atoms with Gasteiger partial charge >= 0.3 is 0 Å². The Morgan fingerprint density at radius 3 is 2.35 bits per heavy atom. The molecule has 4 rings (SSSR count). The van der Waals surface area contributed by atoms with Crippen LogP contribution >= 0.6 is 11.6 Å². The molecule has 1 unspecified atom stereocenters. The van der Waals surface area contributed by atoms with E-state index in [1.54, 1.807) is 53.4 Å². The lowest BCUT2D eigenvalue weighted by Gasteiger charge is -2.21. The second kappa shape index (κ2) is 9.12. The number of carbonyl (C=O) groups excluding carboxylic acids is 1. The van der Waals surface area contributed by atoms with E-state index in [4.69, 9.17) is 16.3 Å². The summed E-state index contributed by atoms with van der Waals surface area (Å²) in [6.07, 6.45) is 0.291. The van der Waals surface area contributed by atoms with Crippen LogP contribution in [0.25, 0.3) is 0 Å². The molecule has 0 radical (unpaired) electrons. The molecule has 1 saturated heterocycles. The van der Waals surface area contributed by atoms with Gasteiger partial charge in [0.15, 0.2) is 9.84 Å². The highest BCUT2D eigenvalue weighted by molar-refractivity contribution is 7.91. The Morgan fingerprint density at radius 2 is 1.58 bits per heavy atom. The Labute approximate surface area is 187 Å². The van der Waals surface area contributed by atoms with E-state index in [2.05, 4.69) is 0 Å². The molecule has 1 aliphatic heterocycles. The average molecular weight is 456 g/mol. The first-order valence-electron chi connectivity index (χ1n) is 10.0. The van der Waals surface area contributed by atoms with Gasteiger partial charge < -0.3 is 9.64 Å². The third-order valence-corrected chi connectivity index (χ3v) is 7.82. The third-order valence-electron chi connectivity index (χ3n) is 5.37. The first-order chi connectivity index (χ1) is 15.0. The minimum atomic E-state index is -3.45. The normalized spacial score (nSPS) is 18.2. The van der Waals surface area contributed by atoms with Crippen molar-refractivity contribution in [2.75, 3.05) is 18.8 Å². The van der Waals surface area contributed by atoms with Crippen molar-refractivity contribution >= 4 is 27.3 Å². The molecule has 3 aromatic carbocycles. The number of hydrogen-bond donors (Lipinski definition) is 0. The molecular weight excluding hydrogens is 434 g/mol. The van der Waals surface area contributed by atoms with Crippen molar-refractivity contribution in [3.63, 3.8) is 0 Å². The highest BCUT2D eigenvalue weighted by Gasteiger charge is 2.34. The number of rotatable bonds is 4. The van der Waals surface area contributed by atoms with Crippen molar-refractivity contribution in [2.45, 2.75) is 11.7 Å². The van der Waals surface area contributed by atoms with Gasteiger partial charge in [-0.3, -0.25) is 4.79 Å². The monoisotopic (exact) mass is 455 g/mol. The number of benzene rings is 3. The minimum absolute atomic E-state index is 0.115. The highest BCUT2D eigenvalue weighted by atomic mass is 35.5. The van der Waals surface area contributed by atoms with Crippen LogP contribution in [-0.2, 0) is 9.84 Å². The maximum absolute atomic E-state index is 13.3. The Kier molecular flexibility index (Phi) is 6.30. The van der Waals surface area contributed by atoms with E-state index in [9.17, 15) is 13.2 Å². The van der Waals surface area contributed by atoms with Crippen LogP contribution in [0.3, 0.4) is 0 Å². The van der Waals surface area contributed by atoms with Crippen molar-refractivity contribution in [3.8, 4) is 11.5 Å². The molecule has 1 fully saturated rings. The van der Waals surface area contributed by atoms with E-state index in [0.29, 0.717) is 40.6 Å². The molecule has 0 bridgehead atoms. The van der Waals surface area contributed by atoms with Gasteiger partial charge in [0.05, 0.1) is 16.6 Å². The zero-order valence-corrected chi connectivity index (χ0v) is 18.4. The first-order valence-corrected chi connectivity index (χ1v) is 12.1. The number of halogens is 1. The Balaban J connectivity index is 1.58. The summed E-state index contributed by atoms with van der Waals surface area (Å²) in [7, 11) is -3.45. The highest BCUT2D eigenvalue weighted by Crippen LogP contribution is 2.34. The average Bonchev–Trinajstić information content (AvgIpc) is 2.93. The molecule has 31 heavy (non-hydrogen) atoms. The summed E-state index contributed by atoms with van der Waals surface area (Å²) in [4.78, 5) is 14.9. The molecule has 3 aromatic rings. The van der Waals surface area contributed by atoms with E-state index in [1.165, 1.54) is 0 Å². The fraction of sp³-hybridized carbons (Fsp3) is 0.208. The SMILES string of the molecule is O=C(c1ccccc1Oc1ccccc1)N1CCC(c2ccccc2Cl)S(=O)(=O)CC1. The summed E-state index contributed by atoms with van der Waals surface area (Å²) in [5, 5.41) is -0.299. The molecule has 1 amide bonds. The molecule has 1 atom stereocenters. The van der Waals surface area contributed by atoms with Gasteiger partial charge in [-0.2, -0.15) is 0 Å². The number of hydrogen-bond acceptors (Lipinski definition) is 4. The number of para-hydroxylation sites is 2. The number of amides is 1. The molecule has 0 aliphatic carbocycles. The lowest BCUT2D eigenvalue weighted by Crippen LogP contribution is -2.33. The molecule has 1 heterocycles. The number of sulfone groups is 1. The maximum atomic E-state index is 13.3. The number of nitrogens with zero attached hydrogens (tertiary/aromatic N) is 1.